The number of carbonyl (C=O) groups excluding carboxylic acids is 1. The highest BCUT2D eigenvalue weighted by Crippen LogP contribution is 2.16. The summed E-state index contributed by atoms with van der Waals surface area (Å²) in [4.78, 5) is 12.2. The van der Waals surface area contributed by atoms with E-state index in [4.69, 9.17) is 11.6 Å². The van der Waals surface area contributed by atoms with Crippen molar-refractivity contribution >= 4 is 17.5 Å². The van der Waals surface area contributed by atoms with Crippen molar-refractivity contribution in [1.82, 2.24) is 15.1 Å². The van der Waals surface area contributed by atoms with Crippen molar-refractivity contribution in [3.63, 3.8) is 0 Å². The number of nitrogens with one attached hydrogen (secondary N) is 1. The summed E-state index contributed by atoms with van der Waals surface area (Å²) in [5.74, 6) is 0.297. The molecule has 96 valence electrons. The second kappa shape index (κ2) is 5.08. The summed E-state index contributed by atoms with van der Waals surface area (Å²) in [5, 5.41) is 7.22. The summed E-state index contributed by atoms with van der Waals surface area (Å²) in [6, 6.07) is 0. The molecule has 0 aliphatic rings. The van der Waals surface area contributed by atoms with Gasteiger partial charge in [-0.05, 0) is 27.2 Å². The molecule has 0 radical (unpaired) electrons. The Morgan fingerprint density at radius 1 is 1.53 bits per heavy atom. The van der Waals surface area contributed by atoms with Gasteiger partial charge in [0, 0.05) is 18.6 Å². The van der Waals surface area contributed by atoms with Crippen molar-refractivity contribution in [3.05, 3.63) is 17.0 Å². The average molecular weight is 258 g/mol. The standard InChI is InChI=1S/C12H20ClN3O/c1-6-12(4,7-13)14-11(17)10-8(2)15-16(5)9(10)3/h6-7H2,1-5H3,(H,14,17). The first kappa shape index (κ1) is 14.0. The molecular formula is C12H20ClN3O. The monoisotopic (exact) mass is 257 g/mol. The summed E-state index contributed by atoms with van der Waals surface area (Å²) in [6.45, 7) is 7.68. The lowest BCUT2D eigenvalue weighted by molar-refractivity contribution is 0.0911. The summed E-state index contributed by atoms with van der Waals surface area (Å²) < 4.78 is 1.72. The van der Waals surface area contributed by atoms with E-state index >= 15 is 0 Å². The van der Waals surface area contributed by atoms with Crippen molar-refractivity contribution in [2.45, 2.75) is 39.7 Å². The molecule has 4 nitrogen and oxygen atoms in total. The summed E-state index contributed by atoms with van der Waals surface area (Å²) >= 11 is 5.89. The average Bonchev–Trinajstić information content (AvgIpc) is 2.53. The molecule has 0 fully saturated rings. The largest absolute Gasteiger partial charge is 0.346 e. The predicted molar refractivity (Wildman–Crippen MR) is 69.6 cm³/mol. The molecule has 0 bridgehead atoms. The fourth-order valence-corrected chi connectivity index (χ4v) is 1.91. The Kier molecular flexibility index (Phi) is 4.20. The van der Waals surface area contributed by atoms with Gasteiger partial charge in [0.1, 0.15) is 0 Å². The van der Waals surface area contributed by atoms with Gasteiger partial charge in [-0.3, -0.25) is 9.48 Å². The van der Waals surface area contributed by atoms with E-state index < -0.39 is 0 Å². The van der Waals surface area contributed by atoms with Gasteiger partial charge < -0.3 is 5.32 Å². The number of rotatable bonds is 4. The lowest BCUT2D eigenvalue weighted by Gasteiger charge is -2.27. The van der Waals surface area contributed by atoms with Crippen molar-refractivity contribution in [3.8, 4) is 0 Å². The van der Waals surface area contributed by atoms with E-state index in [1.807, 2.05) is 34.7 Å². The minimum absolute atomic E-state index is 0.0990. The quantitative estimate of drug-likeness (QED) is 0.841. The number of aryl methyl sites for hydroxylation is 2. The minimum atomic E-state index is -0.368. The van der Waals surface area contributed by atoms with Crippen LogP contribution < -0.4 is 5.32 Å². The fourth-order valence-electron chi connectivity index (χ4n) is 1.66. The molecule has 1 unspecified atom stereocenters. The van der Waals surface area contributed by atoms with Crippen molar-refractivity contribution < 1.29 is 4.79 Å². The second-order valence-corrected chi connectivity index (χ2v) is 4.94. The SMILES string of the molecule is CCC(C)(CCl)NC(=O)c1c(C)nn(C)c1C. The van der Waals surface area contributed by atoms with Gasteiger partial charge in [-0.25, -0.2) is 0 Å². The van der Waals surface area contributed by atoms with Gasteiger partial charge in [0.15, 0.2) is 0 Å². The molecule has 1 heterocycles. The van der Waals surface area contributed by atoms with Gasteiger partial charge in [-0.1, -0.05) is 6.92 Å². The third-order valence-corrected chi connectivity index (χ3v) is 3.82. The number of aromatic nitrogens is 2. The number of alkyl halides is 1. The molecule has 1 amide bonds. The van der Waals surface area contributed by atoms with Crippen molar-refractivity contribution in [2.75, 3.05) is 5.88 Å². The number of hydrogen-bond acceptors (Lipinski definition) is 2. The van der Waals surface area contributed by atoms with E-state index in [0.29, 0.717) is 11.4 Å². The molecule has 0 aliphatic heterocycles. The van der Waals surface area contributed by atoms with Gasteiger partial charge >= 0.3 is 0 Å². The molecule has 1 aromatic rings. The third kappa shape index (κ3) is 2.80. The van der Waals surface area contributed by atoms with Gasteiger partial charge in [0.2, 0.25) is 0 Å². The van der Waals surface area contributed by atoms with Crippen LogP contribution in [0, 0.1) is 13.8 Å². The van der Waals surface area contributed by atoms with Gasteiger partial charge in [0.05, 0.1) is 16.8 Å². The lowest BCUT2D eigenvalue weighted by Crippen LogP contribution is -2.47. The van der Waals surface area contributed by atoms with Crippen LogP contribution in [0.5, 0.6) is 0 Å². The number of nitrogens with zero attached hydrogens (tertiary/aromatic N) is 2. The molecule has 0 saturated carbocycles. The second-order valence-electron chi connectivity index (χ2n) is 4.67. The molecule has 17 heavy (non-hydrogen) atoms. The maximum absolute atomic E-state index is 12.2. The molecule has 0 saturated heterocycles. The number of carbonyl (C=O) groups is 1. The number of halogens is 1. The van der Waals surface area contributed by atoms with Gasteiger partial charge in [-0.15, -0.1) is 11.6 Å². The molecule has 5 heteroatoms. The number of amides is 1. The van der Waals surface area contributed by atoms with Crippen molar-refractivity contribution in [1.29, 1.82) is 0 Å². The first-order valence-electron chi connectivity index (χ1n) is 5.73. The van der Waals surface area contributed by atoms with Crippen LogP contribution >= 0.6 is 11.6 Å². The normalized spacial score (nSPS) is 14.5. The van der Waals surface area contributed by atoms with E-state index in [1.165, 1.54) is 0 Å². The van der Waals surface area contributed by atoms with Crippen LogP contribution in [0.15, 0.2) is 0 Å². The van der Waals surface area contributed by atoms with E-state index in [9.17, 15) is 4.79 Å². The molecule has 1 N–H and O–H groups in total. The highest BCUT2D eigenvalue weighted by Gasteiger charge is 2.26. The molecular weight excluding hydrogens is 238 g/mol. The smallest absolute Gasteiger partial charge is 0.255 e. The number of hydrogen-bond donors (Lipinski definition) is 1. The topological polar surface area (TPSA) is 46.9 Å². The van der Waals surface area contributed by atoms with Gasteiger partial charge in [0.25, 0.3) is 5.91 Å². The maximum Gasteiger partial charge on any atom is 0.255 e. The maximum atomic E-state index is 12.2. The van der Waals surface area contributed by atoms with Crippen LogP contribution in [0.3, 0.4) is 0 Å². The van der Waals surface area contributed by atoms with Crippen molar-refractivity contribution in [2.24, 2.45) is 7.05 Å². The predicted octanol–water partition coefficient (Wildman–Crippen LogP) is 2.17. The Morgan fingerprint density at radius 3 is 2.47 bits per heavy atom. The van der Waals surface area contributed by atoms with E-state index in [2.05, 4.69) is 10.4 Å². The Balaban J connectivity index is 2.98. The minimum Gasteiger partial charge on any atom is -0.346 e. The van der Waals surface area contributed by atoms with Crippen LogP contribution in [0.4, 0.5) is 0 Å². The molecule has 1 aromatic heterocycles. The first-order chi connectivity index (χ1) is 7.84. The molecule has 1 atom stereocenters. The van der Waals surface area contributed by atoms with Crippen LogP contribution in [0.1, 0.15) is 42.0 Å². The Hall–Kier alpha value is -1.03. The summed E-state index contributed by atoms with van der Waals surface area (Å²) in [6.07, 6.45) is 0.792. The molecule has 0 aromatic carbocycles. The van der Waals surface area contributed by atoms with E-state index in [0.717, 1.165) is 17.8 Å². The summed E-state index contributed by atoms with van der Waals surface area (Å²) in [7, 11) is 1.83. The molecule has 1 rings (SSSR count). The van der Waals surface area contributed by atoms with Crippen LogP contribution in [-0.2, 0) is 7.05 Å². The Morgan fingerprint density at radius 2 is 2.12 bits per heavy atom. The third-order valence-electron chi connectivity index (χ3n) is 3.23. The Bertz CT molecular complexity index is 422. The fraction of sp³-hybridized carbons (Fsp3) is 0.667. The zero-order valence-electron chi connectivity index (χ0n) is 11.1. The first-order valence-corrected chi connectivity index (χ1v) is 6.26. The molecule has 0 spiro atoms. The van der Waals surface area contributed by atoms with Crippen LogP contribution in [-0.4, -0.2) is 27.1 Å². The van der Waals surface area contributed by atoms with Crippen LogP contribution in [0.2, 0.25) is 0 Å². The van der Waals surface area contributed by atoms with E-state index in [1.54, 1.807) is 4.68 Å². The Labute approximate surface area is 107 Å². The molecule has 0 aliphatic carbocycles. The van der Waals surface area contributed by atoms with Gasteiger partial charge in [-0.2, -0.15) is 5.10 Å². The highest BCUT2D eigenvalue weighted by molar-refractivity contribution is 6.18. The highest BCUT2D eigenvalue weighted by atomic mass is 35.5. The zero-order chi connectivity index (χ0) is 13.2. The lowest BCUT2D eigenvalue weighted by atomic mass is 10.0. The zero-order valence-corrected chi connectivity index (χ0v) is 11.9. The van der Waals surface area contributed by atoms with E-state index in [-0.39, 0.29) is 11.4 Å². The summed E-state index contributed by atoms with van der Waals surface area (Å²) in [5.41, 5.74) is 1.90. The van der Waals surface area contributed by atoms with Crippen LogP contribution in [0.25, 0.3) is 0 Å².